The van der Waals surface area contributed by atoms with Crippen molar-refractivity contribution in [2.45, 2.75) is 32.7 Å². The van der Waals surface area contributed by atoms with Crippen molar-refractivity contribution in [2.75, 3.05) is 13.1 Å². The van der Waals surface area contributed by atoms with Gasteiger partial charge in [-0.15, -0.1) is 0 Å². The predicted molar refractivity (Wildman–Crippen MR) is 73.3 cm³/mol. The quantitative estimate of drug-likeness (QED) is 0.858. The lowest BCUT2D eigenvalue weighted by atomic mass is 9.96. The van der Waals surface area contributed by atoms with Gasteiger partial charge in [0.05, 0.1) is 6.04 Å². The SMILES string of the molecule is Cc1ccc([C@@H](C)NC(=O)C2CCNCC2)cc1. The second-order valence-corrected chi connectivity index (χ2v) is 5.17. The molecule has 0 bridgehead atoms. The summed E-state index contributed by atoms with van der Waals surface area (Å²) in [6, 6.07) is 8.43. The fourth-order valence-corrected chi connectivity index (χ4v) is 2.35. The number of hydrogen-bond acceptors (Lipinski definition) is 2. The highest BCUT2D eigenvalue weighted by Crippen LogP contribution is 2.16. The Balaban J connectivity index is 1.91. The van der Waals surface area contributed by atoms with Crippen molar-refractivity contribution < 1.29 is 4.79 Å². The van der Waals surface area contributed by atoms with Crippen LogP contribution in [0.5, 0.6) is 0 Å². The second-order valence-electron chi connectivity index (χ2n) is 5.17. The van der Waals surface area contributed by atoms with E-state index in [0.29, 0.717) is 0 Å². The van der Waals surface area contributed by atoms with Crippen molar-refractivity contribution in [3.8, 4) is 0 Å². The molecular weight excluding hydrogens is 224 g/mol. The summed E-state index contributed by atoms with van der Waals surface area (Å²) in [6.07, 6.45) is 1.90. The largest absolute Gasteiger partial charge is 0.349 e. The molecule has 0 saturated carbocycles. The molecule has 1 heterocycles. The molecule has 1 aliphatic rings. The average Bonchev–Trinajstić information content (AvgIpc) is 2.40. The lowest BCUT2D eigenvalue weighted by molar-refractivity contribution is -0.126. The fourth-order valence-electron chi connectivity index (χ4n) is 2.35. The first-order valence-corrected chi connectivity index (χ1v) is 6.74. The van der Waals surface area contributed by atoms with Crippen molar-refractivity contribution in [1.29, 1.82) is 0 Å². The van der Waals surface area contributed by atoms with E-state index in [1.165, 1.54) is 11.1 Å². The van der Waals surface area contributed by atoms with Gasteiger partial charge in [0.1, 0.15) is 0 Å². The van der Waals surface area contributed by atoms with Crippen LogP contribution in [-0.2, 0) is 4.79 Å². The maximum Gasteiger partial charge on any atom is 0.223 e. The Kier molecular flexibility index (Phi) is 4.37. The predicted octanol–water partition coefficient (Wildman–Crippen LogP) is 2.17. The Bertz CT molecular complexity index is 393. The molecule has 18 heavy (non-hydrogen) atoms. The zero-order valence-electron chi connectivity index (χ0n) is 11.2. The van der Waals surface area contributed by atoms with Crippen molar-refractivity contribution >= 4 is 5.91 Å². The van der Waals surface area contributed by atoms with E-state index in [1.807, 2.05) is 6.92 Å². The number of piperidine rings is 1. The zero-order chi connectivity index (χ0) is 13.0. The van der Waals surface area contributed by atoms with Gasteiger partial charge in [-0.2, -0.15) is 0 Å². The number of amides is 1. The highest BCUT2D eigenvalue weighted by Gasteiger charge is 2.22. The molecule has 0 unspecified atom stereocenters. The molecule has 1 saturated heterocycles. The van der Waals surface area contributed by atoms with Crippen molar-refractivity contribution in [3.63, 3.8) is 0 Å². The van der Waals surface area contributed by atoms with Crippen LogP contribution in [0.2, 0.25) is 0 Å². The number of nitrogens with one attached hydrogen (secondary N) is 2. The van der Waals surface area contributed by atoms with Crippen molar-refractivity contribution in [1.82, 2.24) is 10.6 Å². The molecule has 0 spiro atoms. The Morgan fingerprint density at radius 2 is 1.89 bits per heavy atom. The first kappa shape index (κ1) is 13.1. The Labute approximate surface area is 109 Å². The van der Waals surface area contributed by atoms with Crippen LogP contribution in [0.25, 0.3) is 0 Å². The molecule has 0 radical (unpaired) electrons. The molecule has 2 rings (SSSR count). The molecule has 3 nitrogen and oxygen atoms in total. The van der Waals surface area contributed by atoms with Gasteiger partial charge in [-0.05, 0) is 45.3 Å². The van der Waals surface area contributed by atoms with E-state index in [4.69, 9.17) is 0 Å². The van der Waals surface area contributed by atoms with E-state index in [-0.39, 0.29) is 17.9 Å². The van der Waals surface area contributed by atoms with Gasteiger partial charge in [0.15, 0.2) is 0 Å². The van der Waals surface area contributed by atoms with Crippen LogP contribution in [0.4, 0.5) is 0 Å². The number of hydrogen-bond donors (Lipinski definition) is 2. The van der Waals surface area contributed by atoms with Crippen LogP contribution in [0.1, 0.15) is 36.9 Å². The van der Waals surface area contributed by atoms with E-state index in [2.05, 4.69) is 41.8 Å². The molecule has 3 heteroatoms. The summed E-state index contributed by atoms with van der Waals surface area (Å²) in [5, 5.41) is 6.40. The minimum Gasteiger partial charge on any atom is -0.349 e. The summed E-state index contributed by atoms with van der Waals surface area (Å²) in [4.78, 5) is 12.1. The normalized spacial score (nSPS) is 18.3. The van der Waals surface area contributed by atoms with E-state index in [0.717, 1.165) is 25.9 Å². The molecule has 1 aromatic rings. The van der Waals surface area contributed by atoms with E-state index >= 15 is 0 Å². The van der Waals surface area contributed by atoms with Gasteiger partial charge in [0.2, 0.25) is 5.91 Å². The highest BCUT2D eigenvalue weighted by atomic mass is 16.1. The Morgan fingerprint density at radius 3 is 2.50 bits per heavy atom. The van der Waals surface area contributed by atoms with Crippen LogP contribution in [0.3, 0.4) is 0 Å². The van der Waals surface area contributed by atoms with E-state index in [9.17, 15) is 4.79 Å². The lowest BCUT2D eigenvalue weighted by Gasteiger charge is -2.24. The first-order valence-electron chi connectivity index (χ1n) is 6.74. The van der Waals surface area contributed by atoms with Crippen LogP contribution < -0.4 is 10.6 Å². The van der Waals surface area contributed by atoms with Crippen LogP contribution >= 0.6 is 0 Å². The lowest BCUT2D eigenvalue weighted by Crippen LogP contribution is -2.39. The second kappa shape index (κ2) is 6.01. The third kappa shape index (κ3) is 3.33. The van der Waals surface area contributed by atoms with Gasteiger partial charge < -0.3 is 10.6 Å². The van der Waals surface area contributed by atoms with Gasteiger partial charge in [0, 0.05) is 5.92 Å². The van der Waals surface area contributed by atoms with Gasteiger partial charge in [-0.3, -0.25) is 4.79 Å². The molecule has 1 amide bonds. The number of carbonyl (C=O) groups excluding carboxylic acids is 1. The van der Waals surface area contributed by atoms with Gasteiger partial charge in [-0.25, -0.2) is 0 Å². The Morgan fingerprint density at radius 1 is 1.28 bits per heavy atom. The summed E-state index contributed by atoms with van der Waals surface area (Å²) in [5.41, 5.74) is 2.42. The molecule has 2 N–H and O–H groups in total. The van der Waals surface area contributed by atoms with Crippen LogP contribution in [0.15, 0.2) is 24.3 Å². The van der Waals surface area contributed by atoms with Crippen LogP contribution in [-0.4, -0.2) is 19.0 Å². The standard InChI is InChI=1S/C15H22N2O/c1-11-3-5-13(6-4-11)12(2)17-15(18)14-7-9-16-10-8-14/h3-6,12,14,16H,7-10H2,1-2H3,(H,17,18)/t12-/m1/s1. The zero-order valence-corrected chi connectivity index (χ0v) is 11.2. The van der Waals surface area contributed by atoms with E-state index in [1.54, 1.807) is 0 Å². The Hall–Kier alpha value is -1.35. The molecule has 0 aliphatic carbocycles. The average molecular weight is 246 g/mol. The molecular formula is C15H22N2O. The van der Waals surface area contributed by atoms with E-state index < -0.39 is 0 Å². The monoisotopic (exact) mass is 246 g/mol. The molecule has 1 aromatic carbocycles. The van der Waals surface area contributed by atoms with Crippen LogP contribution in [0, 0.1) is 12.8 Å². The third-order valence-corrected chi connectivity index (χ3v) is 3.65. The third-order valence-electron chi connectivity index (χ3n) is 3.65. The topological polar surface area (TPSA) is 41.1 Å². The fraction of sp³-hybridized carbons (Fsp3) is 0.533. The van der Waals surface area contributed by atoms with Crippen molar-refractivity contribution in [2.24, 2.45) is 5.92 Å². The minimum absolute atomic E-state index is 0.0907. The number of aryl methyl sites for hydroxylation is 1. The molecule has 98 valence electrons. The van der Waals surface area contributed by atoms with Gasteiger partial charge in [0.25, 0.3) is 0 Å². The van der Waals surface area contributed by atoms with Crippen molar-refractivity contribution in [3.05, 3.63) is 35.4 Å². The number of rotatable bonds is 3. The van der Waals surface area contributed by atoms with Gasteiger partial charge >= 0.3 is 0 Å². The maximum atomic E-state index is 12.1. The molecule has 0 aromatic heterocycles. The van der Waals surface area contributed by atoms with Gasteiger partial charge in [-0.1, -0.05) is 29.8 Å². The summed E-state index contributed by atoms with van der Waals surface area (Å²) in [7, 11) is 0. The summed E-state index contributed by atoms with van der Waals surface area (Å²) in [5.74, 6) is 0.378. The molecule has 1 aliphatic heterocycles. The highest BCUT2D eigenvalue weighted by molar-refractivity contribution is 5.79. The summed E-state index contributed by atoms with van der Waals surface area (Å²) >= 11 is 0. The number of benzene rings is 1. The molecule has 1 atom stereocenters. The first-order chi connectivity index (χ1) is 8.66. The maximum absolute atomic E-state index is 12.1. The summed E-state index contributed by atoms with van der Waals surface area (Å²) in [6.45, 7) is 6.03. The number of carbonyl (C=O) groups is 1. The smallest absolute Gasteiger partial charge is 0.223 e. The minimum atomic E-state index is 0.0907. The molecule has 1 fully saturated rings. The summed E-state index contributed by atoms with van der Waals surface area (Å²) < 4.78 is 0.